The highest BCUT2D eigenvalue weighted by atomic mass is 32.2. The molecular weight excluding hydrogens is 248 g/mol. The average Bonchev–Trinajstić information content (AvgIpc) is 2.81. The maximum absolute atomic E-state index is 11.5. The van der Waals surface area contributed by atoms with Crippen molar-refractivity contribution in [2.45, 2.75) is 5.75 Å². The molecular formula is C13H16N2O2S. The van der Waals surface area contributed by atoms with E-state index in [9.17, 15) is 4.79 Å². The fourth-order valence-corrected chi connectivity index (χ4v) is 2.58. The van der Waals surface area contributed by atoms with Gasteiger partial charge in [0.1, 0.15) is 0 Å². The molecule has 1 aromatic heterocycles. The minimum Gasteiger partial charge on any atom is -0.465 e. The molecule has 4 nitrogen and oxygen atoms in total. The zero-order valence-electron chi connectivity index (χ0n) is 10.2. The fourth-order valence-electron chi connectivity index (χ4n) is 1.81. The summed E-state index contributed by atoms with van der Waals surface area (Å²) in [6.45, 7) is 0.681. The molecule has 18 heavy (non-hydrogen) atoms. The zero-order valence-corrected chi connectivity index (χ0v) is 11.0. The lowest BCUT2D eigenvalue weighted by Crippen LogP contribution is -2.01. The monoisotopic (exact) mass is 264 g/mol. The molecule has 0 aliphatic heterocycles. The highest BCUT2D eigenvalue weighted by Gasteiger charge is 2.09. The summed E-state index contributed by atoms with van der Waals surface area (Å²) in [5, 5.41) is 1.07. The Labute approximate surface area is 110 Å². The van der Waals surface area contributed by atoms with E-state index < -0.39 is 0 Å². The first kappa shape index (κ1) is 13.0. The molecule has 1 aromatic carbocycles. The number of hydrogen-bond donors (Lipinski definition) is 2. The largest absolute Gasteiger partial charge is 0.465 e. The molecule has 0 fully saturated rings. The van der Waals surface area contributed by atoms with Crippen LogP contribution in [0, 0.1) is 0 Å². The standard InChI is InChI=1S/C13H16N2O2S/c1-17-13(16)9-2-3-12-11(6-9)10(7-15-12)8-18-5-4-14/h2-3,6-7,15H,4-5,8,14H2,1H3. The number of carbonyl (C=O) groups excluding carboxylic acids is 1. The third-order valence-corrected chi connectivity index (χ3v) is 3.75. The van der Waals surface area contributed by atoms with Crippen molar-refractivity contribution in [3.63, 3.8) is 0 Å². The Morgan fingerprint density at radius 3 is 3.06 bits per heavy atom. The molecule has 2 aromatic rings. The number of nitrogens with two attached hydrogens (primary N) is 1. The molecule has 0 atom stereocenters. The second kappa shape index (κ2) is 5.93. The summed E-state index contributed by atoms with van der Waals surface area (Å²) in [4.78, 5) is 14.7. The van der Waals surface area contributed by atoms with E-state index in [1.54, 1.807) is 17.8 Å². The molecule has 5 heteroatoms. The van der Waals surface area contributed by atoms with Crippen molar-refractivity contribution in [1.82, 2.24) is 4.98 Å². The normalized spacial score (nSPS) is 10.8. The number of rotatable bonds is 5. The predicted molar refractivity (Wildman–Crippen MR) is 74.9 cm³/mol. The molecule has 0 amide bonds. The Balaban J connectivity index is 2.28. The Morgan fingerprint density at radius 1 is 1.50 bits per heavy atom. The van der Waals surface area contributed by atoms with Gasteiger partial charge in [-0.25, -0.2) is 4.79 Å². The van der Waals surface area contributed by atoms with Crippen LogP contribution in [-0.2, 0) is 10.5 Å². The summed E-state index contributed by atoms with van der Waals surface area (Å²) in [5.74, 6) is 1.52. The fraction of sp³-hybridized carbons (Fsp3) is 0.308. The van der Waals surface area contributed by atoms with Crippen LogP contribution in [0.2, 0.25) is 0 Å². The van der Waals surface area contributed by atoms with E-state index in [0.29, 0.717) is 12.1 Å². The van der Waals surface area contributed by atoms with Crippen LogP contribution in [0.25, 0.3) is 10.9 Å². The Kier molecular flexibility index (Phi) is 4.28. The van der Waals surface area contributed by atoms with Gasteiger partial charge in [0, 0.05) is 35.2 Å². The van der Waals surface area contributed by atoms with E-state index in [1.165, 1.54) is 12.7 Å². The van der Waals surface area contributed by atoms with Gasteiger partial charge in [0.05, 0.1) is 12.7 Å². The van der Waals surface area contributed by atoms with Crippen LogP contribution in [-0.4, -0.2) is 30.4 Å². The molecule has 2 rings (SSSR count). The van der Waals surface area contributed by atoms with Crippen molar-refractivity contribution in [3.8, 4) is 0 Å². The molecule has 0 saturated carbocycles. The van der Waals surface area contributed by atoms with E-state index in [2.05, 4.69) is 4.98 Å². The Bertz CT molecular complexity index is 551. The highest BCUT2D eigenvalue weighted by molar-refractivity contribution is 7.98. The maximum atomic E-state index is 11.5. The summed E-state index contributed by atoms with van der Waals surface area (Å²) in [7, 11) is 1.39. The highest BCUT2D eigenvalue weighted by Crippen LogP contribution is 2.23. The number of fused-ring (bicyclic) bond motifs is 1. The van der Waals surface area contributed by atoms with Crippen LogP contribution < -0.4 is 5.73 Å². The summed E-state index contributed by atoms with van der Waals surface area (Å²) in [5.41, 5.74) is 8.27. The molecule has 1 heterocycles. The second-order valence-corrected chi connectivity index (χ2v) is 5.01. The molecule has 96 valence electrons. The minimum atomic E-state index is -0.307. The molecule has 0 unspecified atom stereocenters. The lowest BCUT2D eigenvalue weighted by atomic mass is 10.1. The number of carbonyl (C=O) groups is 1. The van der Waals surface area contributed by atoms with E-state index >= 15 is 0 Å². The van der Waals surface area contributed by atoms with E-state index in [1.807, 2.05) is 18.3 Å². The van der Waals surface area contributed by atoms with Crippen LogP contribution in [0.3, 0.4) is 0 Å². The molecule has 0 aliphatic rings. The van der Waals surface area contributed by atoms with Crippen molar-refractivity contribution in [2.24, 2.45) is 5.73 Å². The number of aromatic nitrogens is 1. The number of methoxy groups -OCH3 is 1. The third kappa shape index (κ3) is 2.68. The zero-order chi connectivity index (χ0) is 13.0. The molecule has 0 radical (unpaired) electrons. The van der Waals surface area contributed by atoms with Crippen molar-refractivity contribution < 1.29 is 9.53 Å². The number of hydrogen-bond acceptors (Lipinski definition) is 4. The lowest BCUT2D eigenvalue weighted by Gasteiger charge is -2.01. The van der Waals surface area contributed by atoms with Gasteiger partial charge in [-0.05, 0) is 23.8 Å². The number of thioether (sulfide) groups is 1. The van der Waals surface area contributed by atoms with Crippen molar-refractivity contribution >= 4 is 28.6 Å². The summed E-state index contributed by atoms with van der Waals surface area (Å²) < 4.78 is 4.73. The maximum Gasteiger partial charge on any atom is 0.337 e. The van der Waals surface area contributed by atoms with Gasteiger partial charge < -0.3 is 15.5 Å². The summed E-state index contributed by atoms with van der Waals surface area (Å²) in [6, 6.07) is 5.54. The SMILES string of the molecule is COC(=O)c1ccc2[nH]cc(CSCCN)c2c1. The van der Waals surface area contributed by atoms with Gasteiger partial charge in [-0.3, -0.25) is 0 Å². The number of ether oxygens (including phenoxy) is 1. The first-order valence-corrected chi connectivity index (χ1v) is 6.88. The van der Waals surface area contributed by atoms with Gasteiger partial charge in [0.2, 0.25) is 0 Å². The average molecular weight is 264 g/mol. The number of benzene rings is 1. The molecule has 3 N–H and O–H groups in total. The first-order valence-electron chi connectivity index (χ1n) is 5.72. The quantitative estimate of drug-likeness (QED) is 0.641. The van der Waals surface area contributed by atoms with Crippen LogP contribution >= 0.6 is 11.8 Å². The summed E-state index contributed by atoms with van der Waals surface area (Å²) in [6.07, 6.45) is 1.98. The van der Waals surface area contributed by atoms with Gasteiger partial charge in [-0.1, -0.05) is 0 Å². The molecule has 0 bridgehead atoms. The first-order chi connectivity index (χ1) is 8.76. The number of esters is 1. The predicted octanol–water partition coefficient (Wildman–Crippen LogP) is 2.15. The van der Waals surface area contributed by atoms with Gasteiger partial charge in [-0.15, -0.1) is 0 Å². The van der Waals surface area contributed by atoms with E-state index in [4.69, 9.17) is 10.5 Å². The number of aromatic amines is 1. The lowest BCUT2D eigenvalue weighted by molar-refractivity contribution is 0.0601. The third-order valence-electron chi connectivity index (χ3n) is 2.71. The van der Waals surface area contributed by atoms with E-state index in [0.717, 1.165) is 22.4 Å². The van der Waals surface area contributed by atoms with Gasteiger partial charge in [-0.2, -0.15) is 11.8 Å². The Morgan fingerprint density at radius 2 is 2.33 bits per heavy atom. The van der Waals surface area contributed by atoms with Gasteiger partial charge >= 0.3 is 5.97 Å². The number of nitrogens with one attached hydrogen (secondary N) is 1. The summed E-state index contributed by atoms with van der Waals surface area (Å²) >= 11 is 1.78. The van der Waals surface area contributed by atoms with Gasteiger partial charge in [0.15, 0.2) is 0 Å². The minimum absolute atomic E-state index is 0.307. The van der Waals surface area contributed by atoms with Crippen LogP contribution in [0.5, 0.6) is 0 Å². The van der Waals surface area contributed by atoms with Crippen molar-refractivity contribution in [2.75, 3.05) is 19.4 Å². The molecule has 0 saturated heterocycles. The van der Waals surface area contributed by atoms with Crippen LogP contribution in [0.1, 0.15) is 15.9 Å². The number of H-pyrrole nitrogens is 1. The van der Waals surface area contributed by atoms with Crippen molar-refractivity contribution in [1.29, 1.82) is 0 Å². The van der Waals surface area contributed by atoms with Crippen LogP contribution in [0.4, 0.5) is 0 Å². The second-order valence-electron chi connectivity index (χ2n) is 3.91. The van der Waals surface area contributed by atoms with Crippen molar-refractivity contribution in [3.05, 3.63) is 35.5 Å². The van der Waals surface area contributed by atoms with E-state index in [-0.39, 0.29) is 5.97 Å². The van der Waals surface area contributed by atoms with Gasteiger partial charge in [0.25, 0.3) is 0 Å². The topological polar surface area (TPSA) is 68.1 Å². The molecule has 0 aliphatic carbocycles. The Hall–Kier alpha value is -1.46. The molecule has 0 spiro atoms. The smallest absolute Gasteiger partial charge is 0.337 e. The van der Waals surface area contributed by atoms with Crippen LogP contribution in [0.15, 0.2) is 24.4 Å².